The van der Waals surface area contributed by atoms with E-state index < -0.39 is 28.5 Å². The number of ether oxygens (including phenoxy) is 1. The predicted octanol–water partition coefficient (Wildman–Crippen LogP) is 4.14. The Bertz CT molecular complexity index is 1310. The molecular formula is C29H35N3O5S. The summed E-state index contributed by atoms with van der Waals surface area (Å²) in [5, 5.41) is 2.80. The molecule has 0 aliphatic carbocycles. The second-order valence-corrected chi connectivity index (χ2v) is 10.7. The van der Waals surface area contributed by atoms with Crippen LogP contribution in [0.1, 0.15) is 31.4 Å². The van der Waals surface area contributed by atoms with Gasteiger partial charge in [0.1, 0.15) is 18.3 Å². The van der Waals surface area contributed by atoms with Gasteiger partial charge in [0.15, 0.2) is 0 Å². The summed E-state index contributed by atoms with van der Waals surface area (Å²) >= 11 is 0. The van der Waals surface area contributed by atoms with Crippen LogP contribution in [0.3, 0.4) is 0 Å². The van der Waals surface area contributed by atoms with Gasteiger partial charge in [-0.3, -0.25) is 13.9 Å². The summed E-state index contributed by atoms with van der Waals surface area (Å²) in [6, 6.07) is 21.4. The lowest BCUT2D eigenvalue weighted by Gasteiger charge is -2.33. The number of carbonyl (C=O) groups is 2. The maximum atomic E-state index is 13.9. The van der Waals surface area contributed by atoms with Gasteiger partial charge in [-0.1, -0.05) is 55.0 Å². The fourth-order valence-corrected chi connectivity index (χ4v) is 5.51. The van der Waals surface area contributed by atoms with Crippen LogP contribution in [-0.4, -0.2) is 51.4 Å². The Balaban J connectivity index is 2.02. The summed E-state index contributed by atoms with van der Waals surface area (Å²) in [7, 11) is -2.51. The molecule has 0 aromatic heterocycles. The number of hydrogen-bond acceptors (Lipinski definition) is 5. The van der Waals surface area contributed by atoms with Crippen LogP contribution in [0.15, 0.2) is 83.8 Å². The summed E-state index contributed by atoms with van der Waals surface area (Å²) in [5.41, 5.74) is 2.07. The Morgan fingerprint density at radius 3 is 2.11 bits per heavy atom. The number of likely N-dealkylation sites (N-methyl/N-ethyl adjacent to an activating group) is 1. The van der Waals surface area contributed by atoms with Crippen LogP contribution in [0.2, 0.25) is 0 Å². The van der Waals surface area contributed by atoms with Crippen LogP contribution < -0.4 is 14.4 Å². The number of methoxy groups -OCH3 is 1. The molecule has 2 amide bonds. The first-order valence-corrected chi connectivity index (χ1v) is 14.0. The molecule has 0 fully saturated rings. The molecule has 9 heteroatoms. The highest BCUT2D eigenvalue weighted by Crippen LogP contribution is 2.25. The normalized spacial score (nSPS) is 11.9. The van der Waals surface area contributed by atoms with Gasteiger partial charge in [-0.2, -0.15) is 0 Å². The third-order valence-corrected chi connectivity index (χ3v) is 7.97. The summed E-state index contributed by atoms with van der Waals surface area (Å²) in [4.78, 5) is 28.4. The average molecular weight is 538 g/mol. The number of rotatable bonds is 12. The summed E-state index contributed by atoms with van der Waals surface area (Å²) < 4.78 is 33.9. The minimum absolute atomic E-state index is 0.0808. The van der Waals surface area contributed by atoms with Crippen LogP contribution in [-0.2, 0) is 26.2 Å². The van der Waals surface area contributed by atoms with Gasteiger partial charge in [0.05, 0.1) is 17.7 Å². The topological polar surface area (TPSA) is 96.0 Å². The Labute approximate surface area is 225 Å². The van der Waals surface area contributed by atoms with Crippen molar-refractivity contribution in [2.24, 2.45) is 0 Å². The van der Waals surface area contributed by atoms with Gasteiger partial charge in [-0.25, -0.2) is 8.42 Å². The Morgan fingerprint density at radius 2 is 1.55 bits per heavy atom. The maximum absolute atomic E-state index is 13.9. The summed E-state index contributed by atoms with van der Waals surface area (Å²) in [5.74, 6) is -0.107. The van der Waals surface area contributed by atoms with Gasteiger partial charge < -0.3 is 15.0 Å². The molecule has 0 unspecified atom stereocenters. The number of benzene rings is 3. The highest BCUT2D eigenvalue weighted by molar-refractivity contribution is 7.92. The first kappa shape index (κ1) is 28.7. The molecule has 1 N–H and O–H groups in total. The van der Waals surface area contributed by atoms with E-state index in [-0.39, 0.29) is 17.3 Å². The highest BCUT2D eigenvalue weighted by Gasteiger charge is 2.33. The van der Waals surface area contributed by atoms with Crippen molar-refractivity contribution >= 4 is 27.5 Å². The SMILES string of the molecule is CCNC(=O)[C@@H](CC)N(Cc1ccc(OC)cc1)C(=O)CN(c1ccccc1)S(=O)(=O)c1ccc(C)cc1. The molecule has 0 heterocycles. The standard InChI is InChI=1S/C29H35N3O5S/c1-5-27(29(34)30-6-2)31(20-23-14-16-25(37-4)17-15-23)28(33)21-32(24-10-8-7-9-11-24)38(35,36)26-18-12-22(3)13-19-26/h7-19,27H,5-6,20-21H2,1-4H3,(H,30,34)/t27-/m1/s1. The van der Waals surface area contributed by atoms with E-state index >= 15 is 0 Å². The number of sulfonamides is 1. The van der Waals surface area contributed by atoms with Gasteiger partial charge in [0, 0.05) is 13.1 Å². The molecule has 0 saturated heterocycles. The van der Waals surface area contributed by atoms with Gasteiger partial charge in [0.2, 0.25) is 11.8 Å². The minimum atomic E-state index is -4.08. The van der Waals surface area contributed by atoms with E-state index in [4.69, 9.17) is 4.74 Å². The van der Waals surface area contributed by atoms with E-state index in [1.165, 1.54) is 17.0 Å². The lowest BCUT2D eigenvalue weighted by atomic mass is 10.1. The molecule has 3 aromatic carbocycles. The number of para-hydroxylation sites is 1. The molecule has 202 valence electrons. The van der Waals surface area contributed by atoms with Crippen molar-refractivity contribution < 1.29 is 22.7 Å². The molecule has 0 bridgehead atoms. The van der Waals surface area contributed by atoms with E-state index in [0.717, 1.165) is 15.4 Å². The molecule has 0 saturated carbocycles. The van der Waals surface area contributed by atoms with E-state index in [9.17, 15) is 18.0 Å². The minimum Gasteiger partial charge on any atom is -0.497 e. The second kappa shape index (κ2) is 13.1. The second-order valence-electron chi connectivity index (χ2n) is 8.85. The smallest absolute Gasteiger partial charge is 0.264 e. The van der Waals surface area contributed by atoms with Gasteiger partial charge in [0.25, 0.3) is 10.0 Å². The first-order chi connectivity index (χ1) is 18.2. The van der Waals surface area contributed by atoms with Crippen molar-refractivity contribution in [3.05, 3.63) is 90.0 Å². The average Bonchev–Trinajstić information content (AvgIpc) is 2.92. The number of amides is 2. The molecule has 1 atom stereocenters. The van der Waals surface area contributed by atoms with Gasteiger partial charge in [-0.05, 0) is 62.2 Å². The van der Waals surface area contributed by atoms with E-state index in [1.54, 1.807) is 61.7 Å². The molecule has 3 rings (SSSR count). The zero-order chi connectivity index (χ0) is 27.7. The van der Waals surface area contributed by atoms with Crippen LogP contribution in [0.4, 0.5) is 5.69 Å². The number of hydrogen-bond donors (Lipinski definition) is 1. The molecule has 0 aliphatic rings. The van der Waals surface area contributed by atoms with Crippen molar-refractivity contribution in [2.45, 2.75) is 44.7 Å². The van der Waals surface area contributed by atoms with Crippen LogP contribution in [0.5, 0.6) is 5.75 Å². The summed E-state index contributed by atoms with van der Waals surface area (Å²) in [6.07, 6.45) is 0.365. The van der Waals surface area contributed by atoms with Crippen LogP contribution >= 0.6 is 0 Å². The Hall–Kier alpha value is -3.85. The fraction of sp³-hybridized carbons (Fsp3) is 0.310. The molecular weight excluding hydrogens is 502 g/mol. The number of nitrogens with zero attached hydrogens (tertiary/aromatic N) is 2. The zero-order valence-corrected chi connectivity index (χ0v) is 23.1. The van der Waals surface area contributed by atoms with Crippen molar-refractivity contribution in [2.75, 3.05) is 24.5 Å². The van der Waals surface area contributed by atoms with Gasteiger partial charge >= 0.3 is 0 Å². The molecule has 38 heavy (non-hydrogen) atoms. The molecule has 0 aliphatic heterocycles. The summed E-state index contributed by atoms with van der Waals surface area (Å²) in [6.45, 7) is 5.59. The number of carbonyl (C=O) groups excluding carboxylic acids is 2. The lowest BCUT2D eigenvalue weighted by Crippen LogP contribution is -2.52. The first-order valence-electron chi connectivity index (χ1n) is 12.6. The van der Waals surface area contributed by atoms with E-state index in [1.807, 2.05) is 32.9 Å². The van der Waals surface area contributed by atoms with E-state index in [2.05, 4.69) is 5.32 Å². The van der Waals surface area contributed by atoms with E-state index in [0.29, 0.717) is 24.4 Å². The maximum Gasteiger partial charge on any atom is 0.264 e. The highest BCUT2D eigenvalue weighted by atomic mass is 32.2. The third kappa shape index (κ3) is 6.92. The fourth-order valence-electron chi connectivity index (χ4n) is 4.10. The van der Waals surface area contributed by atoms with Crippen molar-refractivity contribution in [3.63, 3.8) is 0 Å². The van der Waals surface area contributed by atoms with Crippen molar-refractivity contribution in [1.82, 2.24) is 10.2 Å². The van der Waals surface area contributed by atoms with Crippen molar-refractivity contribution in [3.8, 4) is 5.75 Å². The van der Waals surface area contributed by atoms with Gasteiger partial charge in [-0.15, -0.1) is 0 Å². The number of nitrogens with one attached hydrogen (secondary N) is 1. The molecule has 3 aromatic rings. The Morgan fingerprint density at radius 1 is 0.921 bits per heavy atom. The molecule has 0 spiro atoms. The van der Waals surface area contributed by atoms with Crippen molar-refractivity contribution in [1.29, 1.82) is 0 Å². The molecule has 8 nitrogen and oxygen atoms in total. The third-order valence-electron chi connectivity index (χ3n) is 6.18. The quantitative estimate of drug-likeness (QED) is 0.375. The lowest BCUT2D eigenvalue weighted by molar-refractivity contribution is -0.140. The largest absolute Gasteiger partial charge is 0.497 e. The monoisotopic (exact) mass is 537 g/mol. The van der Waals surface area contributed by atoms with Crippen LogP contribution in [0, 0.1) is 6.92 Å². The molecule has 0 radical (unpaired) electrons. The predicted molar refractivity (Wildman–Crippen MR) is 148 cm³/mol. The number of anilines is 1. The van der Waals surface area contributed by atoms with Crippen LogP contribution in [0.25, 0.3) is 0 Å². The zero-order valence-electron chi connectivity index (χ0n) is 22.3. The Kier molecular flexibility index (Phi) is 9.90. The number of aryl methyl sites for hydroxylation is 1.